The van der Waals surface area contributed by atoms with Gasteiger partial charge in [-0.05, 0) is 26.8 Å². The number of amides is 1. The van der Waals surface area contributed by atoms with E-state index in [2.05, 4.69) is 0 Å². The fraction of sp³-hybridized carbons (Fsp3) is 0.643. The van der Waals surface area contributed by atoms with E-state index >= 15 is 0 Å². The van der Waals surface area contributed by atoms with Gasteiger partial charge in [-0.3, -0.25) is 4.79 Å². The van der Waals surface area contributed by atoms with E-state index in [-0.39, 0.29) is 18.6 Å². The van der Waals surface area contributed by atoms with E-state index in [9.17, 15) is 9.90 Å². The maximum Gasteiger partial charge on any atom is 0.270 e. The van der Waals surface area contributed by atoms with Crippen LogP contribution in [0.3, 0.4) is 0 Å². The molecule has 1 atom stereocenters. The summed E-state index contributed by atoms with van der Waals surface area (Å²) in [7, 11) is 0. The van der Waals surface area contributed by atoms with Crippen molar-refractivity contribution < 1.29 is 14.6 Å². The second-order valence-corrected chi connectivity index (χ2v) is 5.81. The van der Waals surface area contributed by atoms with Gasteiger partial charge in [0, 0.05) is 25.8 Å². The number of nitrogens with two attached hydrogens (primary N) is 1. The van der Waals surface area contributed by atoms with Gasteiger partial charge in [-0.2, -0.15) is 0 Å². The fourth-order valence-electron chi connectivity index (χ4n) is 2.68. The molecule has 0 saturated carbocycles. The number of carbonyl (C=O) groups is 1. The van der Waals surface area contributed by atoms with Crippen molar-refractivity contribution >= 4 is 11.6 Å². The zero-order chi connectivity index (χ0) is 14.9. The molecule has 1 saturated heterocycles. The molecule has 0 aromatic carbocycles. The minimum Gasteiger partial charge on any atom is -0.397 e. The molecule has 1 aliphatic rings. The van der Waals surface area contributed by atoms with Gasteiger partial charge in [0.1, 0.15) is 5.69 Å². The third-order valence-corrected chi connectivity index (χ3v) is 3.45. The Morgan fingerprint density at radius 3 is 2.90 bits per heavy atom. The molecule has 6 nitrogen and oxygen atoms in total. The molecule has 112 valence electrons. The van der Waals surface area contributed by atoms with Crippen LogP contribution in [0, 0.1) is 0 Å². The summed E-state index contributed by atoms with van der Waals surface area (Å²) in [5.74, 6) is -0.0709. The summed E-state index contributed by atoms with van der Waals surface area (Å²) in [6, 6.07) is 1.70. The van der Waals surface area contributed by atoms with Crippen molar-refractivity contribution in [2.75, 3.05) is 25.4 Å². The highest BCUT2D eigenvalue weighted by molar-refractivity contribution is 5.94. The number of aliphatic hydroxyl groups excluding tert-OH is 1. The molecule has 0 spiro atoms. The Morgan fingerprint density at radius 2 is 2.30 bits per heavy atom. The number of ether oxygens (including phenoxy) is 1. The van der Waals surface area contributed by atoms with E-state index < -0.39 is 5.60 Å². The molecule has 1 amide bonds. The lowest BCUT2D eigenvalue weighted by atomic mass is 10.0. The van der Waals surface area contributed by atoms with Gasteiger partial charge in [0.2, 0.25) is 0 Å². The quantitative estimate of drug-likeness (QED) is 0.854. The molecule has 0 aliphatic carbocycles. The summed E-state index contributed by atoms with van der Waals surface area (Å²) in [4.78, 5) is 14.4. The maximum absolute atomic E-state index is 12.7. The van der Waals surface area contributed by atoms with Gasteiger partial charge in [0.05, 0.1) is 24.0 Å². The number of aliphatic hydroxyl groups is 1. The lowest BCUT2D eigenvalue weighted by molar-refractivity contribution is -0.139. The lowest BCUT2D eigenvalue weighted by Crippen LogP contribution is -2.55. The standard InChI is InChI=1S/C14H23N3O3/c1-4-16-6-10(15)5-12(16)13(19)17-7-11(8-18)20-14(2,3)9-17/h5-6,11,18H,4,7-9,15H2,1-3H3. The number of aromatic nitrogens is 1. The summed E-state index contributed by atoms with van der Waals surface area (Å²) in [6.07, 6.45) is 1.42. The van der Waals surface area contributed by atoms with E-state index in [0.29, 0.717) is 31.0 Å². The fourth-order valence-corrected chi connectivity index (χ4v) is 2.68. The number of carbonyl (C=O) groups excluding carboxylic acids is 1. The first kappa shape index (κ1) is 14.9. The first-order valence-electron chi connectivity index (χ1n) is 6.90. The molecule has 1 aromatic rings. The molecule has 2 heterocycles. The van der Waals surface area contributed by atoms with Crippen molar-refractivity contribution in [2.24, 2.45) is 0 Å². The summed E-state index contributed by atoms with van der Waals surface area (Å²) >= 11 is 0. The molecule has 3 N–H and O–H groups in total. The Hall–Kier alpha value is -1.53. The van der Waals surface area contributed by atoms with Gasteiger partial charge in [0.15, 0.2) is 0 Å². The van der Waals surface area contributed by atoms with E-state index in [1.165, 1.54) is 0 Å². The zero-order valence-electron chi connectivity index (χ0n) is 12.3. The van der Waals surface area contributed by atoms with Gasteiger partial charge >= 0.3 is 0 Å². The molecule has 1 unspecified atom stereocenters. The highest BCUT2D eigenvalue weighted by Gasteiger charge is 2.36. The SMILES string of the molecule is CCn1cc(N)cc1C(=O)N1CC(CO)OC(C)(C)C1. The zero-order valence-corrected chi connectivity index (χ0v) is 12.3. The van der Waals surface area contributed by atoms with Crippen LogP contribution < -0.4 is 5.73 Å². The summed E-state index contributed by atoms with van der Waals surface area (Å²) in [5.41, 5.74) is 6.48. The van der Waals surface area contributed by atoms with Crippen LogP contribution in [0.25, 0.3) is 0 Å². The summed E-state index contributed by atoms with van der Waals surface area (Å²) in [5, 5.41) is 9.31. The average molecular weight is 281 g/mol. The smallest absolute Gasteiger partial charge is 0.270 e. The van der Waals surface area contributed by atoms with Crippen LogP contribution in [0.5, 0.6) is 0 Å². The minimum absolute atomic E-state index is 0.0709. The number of rotatable bonds is 3. The Kier molecular flexibility index (Phi) is 4.06. The minimum atomic E-state index is -0.462. The van der Waals surface area contributed by atoms with Crippen LogP contribution >= 0.6 is 0 Å². The van der Waals surface area contributed by atoms with Crippen LogP contribution in [0.1, 0.15) is 31.3 Å². The van der Waals surface area contributed by atoms with Crippen molar-refractivity contribution in [3.05, 3.63) is 18.0 Å². The van der Waals surface area contributed by atoms with Gasteiger partial charge in [-0.15, -0.1) is 0 Å². The van der Waals surface area contributed by atoms with Crippen molar-refractivity contribution in [3.8, 4) is 0 Å². The number of nitrogen functional groups attached to an aromatic ring is 1. The summed E-state index contributed by atoms with van der Waals surface area (Å²) < 4.78 is 7.57. The molecule has 1 aliphatic heterocycles. The normalized spacial score (nSPS) is 22.0. The molecule has 6 heteroatoms. The van der Waals surface area contributed by atoms with E-state index in [1.807, 2.05) is 25.3 Å². The van der Waals surface area contributed by atoms with Crippen LogP contribution in [0.2, 0.25) is 0 Å². The molecule has 0 radical (unpaired) electrons. The topological polar surface area (TPSA) is 80.7 Å². The maximum atomic E-state index is 12.7. The number of aryl methyl sites for hydroxylation is 1. The van der Waals surface area contributed by atoms with Gasteiger partial charge in [-0.25, -0.2) is 0 Å². The van der Waals surface area contributed by atoms with Crippen molar-refractivity contribution in [1.82, 2.24) is 9.47 Å². The predicted molar refractivity (Wildman–Crippen MR) is 76.5 cm³/mol. The molecule has 1 aromatic heterocycles. The third kappa shape index (κ3) is 2.96. The Labute approximate surface area is 119 Å². The van der Waals surface area contributed by atoms with Crippen molar-refractivity contribution in [2.45, 2.75) is 39.0 Å². The van der Waals surface area contributed by atoms with Crippen molar-refractivity contribution in [1.29, 1.82) is 0 Å². The number of morpholine rings is 1. The molecule has 1 fully saturated rings. The molecular formula is C14H23N3O3. The first-order chi connectivity index (χ1) is 9.36. The van der Waals surface area contributed by atoms with Gasteiger partial charge in [0.25, 0.3) is 5.91 Å². The molecular weight excluding hydrogens is 258 g/mol. The second-order valence-electron chi connectivity index (χ2n) is 5.81. The van der Waals surface area contributed by atoms with Crippen LogP contribution in [-0.2, 0) is 11.3 Å². The molecule has 0 bridgehead atoms. The highest BCUT2D eigenvalue weighted by atomic mass is 16.5. The largest absolute Gasteiger partial charge is 0.397 e. The third-order valence-electron chi connectivity index (χ3n) is 3.45. The first-order valence-corrected chi connectivity index (χ1v) is 6.90. The van der Waals surface area contributed by atoms with Crippen LogP contribution in [-0.4, -0.2) is 51.9 Å². The number of hydrogen-bond donors (Lipinski definition) is 2. The van der Waals surface area contributed by atoms with Crippen LogP contribution in [0.15, 0.2) is 12.3 Å². The monoisotopic (exact) mass is 281 g/mol. The number of anilines is 1. The van der Waals surface area contributed by atoms with Crippen molar-refractivity contribution in [3.63, 3.8) is 0 Å². The Bertz CT molecular complexity index is 496. The van der Waals surface area contributed by atoms with Gasteiger partial charge in [-0.1, -0.05) is 0 Å². The molecule has 20 heavy (non-hydrogen) atoms. The number of hydrogen-bond acceptors (Lipinski definition) is 4. The van der Waals surface area contributed by atoms with E-state index in [1.54, 1.807) is 17.2 Å². The Balaban J connectivity index is 2.23. The highest BCUT2D eigenvalue weighted by Crippen LogP contribution is 2.23. The van der Waals surface area contributed by atoms with Crippen LogP contribution in [0.4, 0.5) is 5.69 Å². The molecule has 2 rings (SSSR count). The average Bonchev–Trinajstić information content (AvgIpc) is 2.77. The van der Waals surface area contributed by atoms with Gasteiger partial charge < -0.3 is 25.0 Å². The second kappa shape index (κ2) is 5.46. The van der Waals surface area contributed by atoms with E-state index in [4.69, 9.17) is 10.5 Å². The Morgan fingerprint density at radius 1 is 1.60 bits per heavy atom. The lowest BCUT2D eigenvalue weighted by Gasteiger charge is -2.42. The summed E-state index contributed by atoms with van der Waals surface area (Å²) in [6.45, 7) is 7.30. The van der Waals surface area contributed by atoms with E-state index in [0.717, 1.165) is 0 Å². The number of nitrogens with zero attached hydrogens (tertiary/aromatic N) is 2. The predicted octanol–water partition coefficient (Wildman–Crippen LogP) is 0.702.